The molecule has 0 fully saturated rings. The van der Waals surface area contributed by atoms with E-state index in [1.807, 2.05) is 109 Å². The Kier molecular flexibility index (Phi) is 12.6. The molecular weight excluding hydrogens is 731 g/mol. The third-order valence-corrected chi connectivity index (χ3v) is 10.4. The Morgan fingerprint density at radius 1 is 0.782 bits per heavy atom. The molecule has 0 spiro atoms. The minimum absolute atomic E-state index is 0.0713. The number of carbonyl (C=O) groups is 3. The first kappa shape index (κ1) is 38.4. The van der Waals surface area contributed by atoms with Crippen LogP contribution in [-0.2, 0) is 9.59 Å². The zero-order chi connectivity index (χ0) is 38.7. The number of methoxy groups -OCH3 is 2. The Morgan fingerprint density at radius 2 is 1.49 bits per heavy atom. The summed E-state index contributed by atoms with van der Waals surface area (Å²) in [6, 6.07) is 38.6. The minimum atomic E-state index is -0.647. The number of benzene rings is 5. The molecule has 1 heterocycles. The number of nitrogens with one attached hydrogen (secondary N) is 3. The van der Waals surface area contributed by atoms with Gasteiger partial charge in [-0.2, -0.15) is 0 Å². The van der Waals surface area contributed by atoms with Crippen LogP contribution in [0.2, 0.25) is 0 Å². The van der Waals surface area contributed by atoms with E-state index in [2.05, 4.69) is 20.9 Å². The van der Waals surface area contributed by atoms with Gasteiger partial charge in [0.1, 0.15) is 10.9 Å². The molecule has 0 saturated heterocycles. The molecule has 1 aromatic heterocycles. The summed E-state index contributed by atoms with van der Waals surface area (Å²) in [5.74, 6) is 0.0160. The van der Waals surface area contributed by atoms with E-state index >= 15 is 0 Å². The van der Waals surface area contributed by atoms with Crippen molar-refractivity contribution >= 4 is 63.4 Å². The van der Waals surface area contributed by atoms with Crippen LogP contribution in [0.1, 0.15) is 26.7 Å². The van der Waals surface area contributed by atoms with Gasteiger partial charge in [-0.15, -0.1) is 23.1 Å². The lowest BCUT2D eigenvalue weighted by atomic mass is 10.1. The van der Waals surface area contributed by atoms with E-state index in [0.29, 0.717) is 33.6 Å². The maximum absolute atomic E-state index is 13.9. The lowest BCUT2D eigenvalue weighted by Crippen LogP contribution is -2.30. The van der Waals surface area contributed by atoms with Gasteiger partial charge in [0, 0.05) is 46.9 Å². The molecule has 12 heteroatoms. The standard InChI is InChI=1S/C43H39N5O5S2/c1-48(2)33-21-18-28(19-22-33)24-35(45-40(49)30-14-9-6-10-15-30)41(50)44-32-16-11-17-34(26-32)55-39(29-12-7-5-8-13-29)42(51)47-43-46-36(27-54-43)31-20-23-37(52-3)38(25-31)53-4/h5-27,39H,1-4H3,(H,44,50)(H,45,49)(H,46,47,51)/b35-24+. The number of thioether (sulfide) groups is 1. The third-order valence-electron chi connectivity index (χ3n) is 8.35. The highest BCUT2D eigenvalue weighted by Gasteiger charge is 2.24. The second-order valence-electron chi connectivity index (χ2n) is 12.4. The van der Waals surface area contributed by atoms with Crippen molar-refractivity contribution in [1.82, 2.24) is 10.3 Å². The molecule has 0 aliphatic heterocycles. The lowest BCUT2D eigenvalue weighted by Gasteiger charge is -2.17. The first-order valence-corrected chi connectivity index (χ1v) is 18.9. The molecule has 6 rings (SSSR count). The molecule has 5 aromatic carbocycles. The number of anilines is 3. The fourth-order valence-corrected chi connectivity index (χ4v) is 7.30. The number of carbonyl (C=O) groups excluding carboxylic acids is 3. The monoisotopic (exact) mass is 769 g/mol. The average molecular weight is 770 g/mol. The SMILES string of the molecule is COc1ccc(-c2csc(NC(=O)C(Sc3cccc(NC(=O)/C(=C\c4ccc(N(C)C)cc4)NC(=O)c4ccccc4)c3)c3ccccc3)n2)cc1OC. The summed E-state index contributed by atoms with van der Waals surface area (Å²) >= 11 is 2.66. The normalized spacial score (nSPS) is 11.6. The van der Waals surface area contributed by atoms with E-state index in [9.17, 15) is 14.4 Å². The highest BCUT2D eigenvalue weighted by molar-refractivity contribution is 8.00. The van der Waals surface area contributed by atoms with Crippen LogP contribution in [0.15, 0.2) is 143 Å². The van der Waals surface area contributed by atoms with E-state index in [1.54, 1.807) is 62.8 Å². The maximum Gasteiger partial charge on any atom is 0.272 e. The molecule has 278 valence electrons. The Hall–Kier alpha value is -6.37. The van der Waals surface area contributed by atoms with Gasteiger partial charge in [0.05, 0.1) is 19.9 Å². The van der Waals surface area contributed by atoms with Gasteiger partial charge in [-0.25, -0.2) is 4.98 Å². The van der Waals surface area contributed by atoms with Gasteiger partial charge in [0.15, 0.2) is 16.6 Å². The summed E-state index contributed by atoms with van der Waals surface area (Å²) in [6.07, 6.45) is 1.64. The van der Waals surface area contributed by atoms with Crippen molar-refractivity contribution in [3.63, 3.8) is 0 Å². The summed E-state index contributed by atoms with van der Waals surface area (Å²) in [5.41, 5.74) is 5.02. The molecule has 0 bridgehead atoms. The van der Waals surface area contributed by atoms with Crippen molar-refractivity contribution in [3.8, 4) is 22.8 Å². The molecule has 0 radical (unpaired) electrons. The number of thiazole rings is 1. The fourth-order valence-electron chi connectivity index (χ4n) is 5.49. The molecular formula is C43H39N5O5S2. The van der Waals surface area contributed by atoms with Crippen LogP contribution >= 0.6 is 23.1 Å². The molecule has 10 nitrogen and oxygen atoms in total. The Labute approximate surface area is 328 Å². The predicted octanol–water partition coefficient (Wildman–Crippen LogP) is 8.78. The largest absolute Gasteiger partial charge is 0.493 e. The fraction of sp³-hybridized carbons (Fsp3) is 0.116. The number of aromatic nitrogens is 1. The van der Waals surface area contributed by atoms with Gasteiger partial charge in [-0.05, 0) is 77.9 Å². The lowest BCUT2D eigenvalue weighted by molar-refractivity contribution is -0.116. The summed E-state index contributed by atoms with van der Waals surface area (Å²) in [7, 11) is 7.05. The van der Waals surface area contributed by atoms with Crippen LogP contribution in [0.5, 0.6) is 11.5 Å². The van der Waals surface area contributed by atoms with Crippen molar-refractivity contribution in [2.75, 3.05) is 43.8 Å². The second-order valence-corrected chi connectivity index (χ2v) is 14.4. The number of hydrogen-bond donors (Lipinski definition) is 3. The quantitative estimate of drug-likeness (QED) is 0.0743. The first-order valence-electron chi connectivity index (χ1n) is 17.2. The number of rotatable bonds is 14. The van der Waals surface area contributed by atoms with E-state index in [0.717, 1.165) is 27.3 Å². The second kappa shape index (κ2) is 18.1. The smallest absolute Gasteiger partial charge is 0.272 e. The van der Waals surface area contributed by atoms with Crippen LogP contribution < -0.4 is 30.3 Å². The zero-order valence-electron chi connectivity index (χ0n) is 30.6. The van der Waals surface area contributed by atoms with Crippen LogP contribution in [0.25, 0.3) is 17.3 Å². The van der Waals surface area contributed by atoms with Crippen molar-refractivity contribution in [2.45, 2.75) is 10.1 Å². The van der Waals surface area contributed by atoms with E-state index in [1.165, 1.54) is 23.1 Å². The Balaban J connectivity index is 1.21. The van der Waals surface area contributed by atoms with E-state index < -0.39 is 17.1 Å². The molecule has 0 aliphatic carbocycles. The molecule has 0 saturated carbocycles. The summed E-state index contributed by atoms with van der Waals surface area (Å²) in [4.78, 5) is 48.3. The number of hydrogen-bond acceptors (Lipinski definition) is 9. The number of nitrogens with zero attached hydrogens (tertiary/aromatic N) is 2. The van der Waals surface area contributed by atoms with Crippen LogP contribution in [0.4, 0.5) is 16.5 Å². The van der Waals surface area contributed by atoms with Gasteiger partial charge in [0.25, 0.3) is 11.8 Å². The molecule has 0 aliphatic rings. The zero-order valence-corrected chi connectivity index (χ0v) is 32.2. The Morgan fingerprint density at radius 3 is 2.18 bits per heavy atom. The maximum atomic E-state index is 13.9. The predicted molar refractivity (Wildman–Crippen MR) is 222 cm³/mol. The van der Waals surface area contributed by atoms with Crippen molar-refractivity contribution in [2.24, 2.45) is 0 Å². The third kappa shape index (κ3) is 9.99. The molecule has 1 atom stereocenters. The molecule has 3 amide bonds. The van der Waals surface area contributed by atoms with E-state index in [-0.39, 0.29) is 11.6 Å². The minimum Gasteiger partial charge on any atom is -0.493 e. The van der Waals surface area contributed by atoms with E-state index in [4.69, 9.17) is 9.47 Å². The Bertz CT molecular complexity index is 2290. The number of amides is 3. The van der Waals surface area contributed by atoms with Gasteiger partial charge in [-0.3, -0.25) is 14.4 Å². The summed E-state index contributed by atoms with van der Waals surface area (Å²) < 4.78 is 10.8. The molecule has 3 N–H and O–H groups in total. The summed E-state index contributed by atoms with van der Waals surface area (Å²) in [6.45, 7) is 0. The van der Waals surface area contributed by atoms with Crippen LogP contribution in [-0.4, -0.2) is 51.0 Å². The van der Waals surface area contributed by atoms with Crippen molar-refractivity contribution in [1.29, 1.82) is 0 Å². The highest BCUT2D eigenvalue weighted by Crippen LogP contribution is 2.38. The average Bonchev–Trinajstić information content (AvgIpc) is 3.68. The molecule has 55 heavy (non-hydrogen) atoms. The topological polar surface area (TPSA) is 122 Å². The van der Waals surface area contributed by atoms with Gasteiger partial charge < -0.3 is 30.3 Å². The molecule has 6 aromatic rings. The summed E-state index contributed by atoms with van der Waals surface area (Å²) in [5, 5.41) is 10.4. The van der Waals surface area contributed by atoms with Crippen molar-refractivity contribution < 1.29 is 23.9 Å². The molecule has 1 unspecified atom stereocenters. The van der Waals surface area contributed by atoms with Crippen LogP contribution in [0.3, 0.4) is 0 Å². The first-order chi connectivity index (χ1) is 26.7. The van der Waals surface area contributed by atoms with Gasteiger partial charge in [0.2, 0.25) is 5.91 Å². The van der Waals surface area contributed by atoms with Gasteiger partial charge >= 0.3 is 0 Å². The highest BCUT2D eigenvalue weighted by atomic mass is 32.2. The van der Waals surface area contributed by atoms with Crippen molar-refractivity contribution in [3.05, 3.63) is 155 Å². The van der Waals surface area contributed by atoms with Gasteiger partial charge in [-0.1, -0.05) is 66.7 Å². The van der Waals surface area contributed by atoms with Crippen LogP contribution in [0, 0.1) is 0 Å². The number of ether oxygens (including phenoxy) is 2.